The van der Waals surface area contributed by atoms with Crippen LogP contribution >= 0.6 is 0 Å². The molecule has 1 aliphatic rings. The van der Waals surface area contributed by atoms with Crippen LogP contribution in [0.15, 0.2) is 24.4 Å². The molecule has 0 radical (unpaired) electrons. The molecule has 1 heterocycles. The van der Waals surface area contributed by atoms with Crippen molar-refractivity contribution in [2.24, 2.45) is 5.92 Å². The lowest BCUT2D eigenvalue weighted by Crippen LogP contribution is -2.36. The number of fused-ring (bicyclic) bond motifs is 1. The molecule has 26 heavy (non-hydrogen) atoms. The topological polar surface area (TPSA) is 61.7 Å². The van der Waals surface area contributed by atoms with Gasteiger partial charge in [0, 0.05) is 31.3 Å². The Morgan fingerprint density at radius 3 is 3.00 bits per heavy atom. The molecule has 0 saturated heterocycles. The Balaban J connectivity index is 0.00000243. The lowest BCUT2D eigenvalue weighted by atomic mass is 10.1. The fourth-order valence-electron chi connectivity index (χ4n) is 3.44. The van der Waals surface area contributed by atoms with Gasteiger partial charge in [0.2, 0.25) is 0 Å². The van der Waals surface area contributed by atoms with Gasteiger partial charge in [0.1, 0.15) is 0 Å². The minimum atomic E-state index is -0.380. The van der Waals surface area contributed by atoms with Crippen molar-refractivity contribution in [2.45, 2.75) is 26.7 Å². The molecule has 0 bridgehead atoms. The normalized spacial score (nSPS) is 18.2. The molecule has 6 nitrogen and oxygen atoms in total. The van der Waals surface area contributed by atoms with E-state index >= 15 is 0 Å². The Morgan fingerprint density at radius 1 is 1.50 bits per heavy atom. The van der Waals surface area contributed by atoms with E-state index in [9.17, 15) is 4.79 Å². The summed E-state index contributed by atoms with van der Waals surface area (Å²) in [5.41, 5.74) is 3.12. The summed E-state index contributed by atoms with van der Waals surface area (Å²) in [4.78, 5) is 20.3. The zero-order valence-corrected chi connectivity index (χ0v) is 14.7. The van der Waals surface area contributed by atoms with Gasteiger partial charge in [-0.05, 0) is 47.9 Å². The quantitative estimate of drug-likeness (QED) is 0.733. The van der Waals surface area contributed by atoms with E-state index in [4.69, 9.17) is 6.57 Å². The molecule has 6 heteroatoms. The van der Waals surface area contributed by atoms with Gasteiger partial charge >= 0.3 is 6.09 Å². The molecule has 1 aromatic heterocycles. The Morgan fingerprint density at radius 2 is 2.31 bits per heavy atom. The van der Waals surface area contributed by atoms with Crippen LogP contribution in [0.3, 0.4) is 0 Å². The minimum Gasteiger partial charge on any atom is -0.453 e. The maximum absolute atomic E-state index is 11.1. The van der Waals surface area contributed by atoms with Gasteiger partial charge in [-0.2, -0.15) is 0 Å². The molecule has 2 N–H and O–H groups in total. The van der Waals surface area contributed by atoms with Gasteiger partial charge in [-0.25, -0.2) is 9.64 Å². The minimum absolute atomic E-state index is 0. The summed E-state index contributed by atoms with van der Waals surface area (Å²) in [6.45, 7) is 12.8. The van der Waals surface area contributed by atoms with E-state index in [1.165, 1.54) is 24.5 Å². The van der Waals surface area contributed by atoms with Crippen LogP contribution in [0, 0.1) is 12.5 Å². The first-order chi connectivity index (χ1) is 12.2. The molecule has 1 saturated carbocycles. The van der Waals surface area contributed by atoms with E-state index in [2.05, 4.69) is 37.9 Å². The van der Waals surface area contributed by atoms with Gasteiger partial charge in [-0.1, -0.05) is 20.4 Å². The van der Waals surface area contributed by atoms with Crippen LogP contribution in [-0.2, 0) is 4.74 Å². The first-order valence-electron chi connectivity index (χ1n) is 8.69. The van der Waals surface area contributed by atoms with Crippen LogP contribution in [0.25, 0.3) is 15.7 Å². The molecule has 3 rings (SSSR count). The average molecular weight is 356 g/mol. The van der Waals surface area contributed by atoms with Gasteiger partial charge in [-0.15, -0.1) is 0 Å². The maximum atomic E-state index is 11.1. The molecule has 2 unspecified atom stereocenters. The molecule has 1 aromatic carbocycles. The summed E-state index contributed by atoms with van der Waals surface area (Å²) in [5, 5.41) is 3.91. The largest absolute Gasteiger partial charge is 0.453 e. The summed E-state index contributed by atoms with van der Waals surface area (Å²) in [6.07, 6.45) is 2.89. The Kier molecular flexibility index (Phi) is 6.64. The summed E-state index contributed by atoms with van der Waals surface area (Å²) in [6, 6.07) is 5.83. The molecule has 0 aliphatic heterocycles. The number of methoxy groups -OCH3 is 1. The van der Waals surface area contributed by atoms with Gasteiger partial charge in [0.25, 0.3) is 0 Å². The predicted molar refractivity (Wildman–Crippen MR) is 105 cm³/mol. The number of aromatic amines is 1. The van der Waals surface area contributed by atoms with Crippen LogP contribution < -0.4 is 5.32 Å². The fourth-order valence-corrected chi connectivity index (χ4v) is 3.44. The number of nitrogens with one attached hydrogen (secondary N) is 2. The number of likely N-dealkylation sites (N-methyl/N-ethyl adjacent to an activating group) is 1. The van der Waals surface area contributed by atoms with Crippen molar-refractivity contribution in [3.8, 4) is 0 Å². The highest BCUT2D eigenvalue weighted by Gasteiger charge is 2.40. The van der Waals surface area contributed by atoms with Crippen molar-refractivity contribution >= 4 is 22.7 Å². The molecule has 1 amide bonds. The second-order valence-electron chi connectivity index (χ2n) is 6.50. The standard InChI is InChI=1S/C19H24N4O2.CH4/c1-4-23(8-7-21-19(24)25-3)12-13-9-15(13)17-11-22-18-6-5-14(20-2)10-16(17)18;/h5-6,10-11,13,15,22H,4,7-9,12H2,1,3H3,(H,21,24);1H4. The number of carbonyl (C=O) groups is 1. The lowest BCUT2D eigenvalue weighted by molar-refractivity contribution is 0.168. The summed E-state index contributed by atoms with van der Waals surface area (Å²) < 4.78 is 4.59. The third-order valence-electron chi connectivity index (χ3n) is 4.97. The first kappa shape index (κ1) is 19.8. The van der Waals surface area contributed by atoms with Gasteiger partial charge < -0.3 is 19.9 Å². The number of hydrogen-bond donors (Lipinski definition) is 2. The van der Waals surface area contributed by atoms with Crippen LogP contribution in [0.1, 0.15) is 32.3 Å². The molecule has 1 fully saturated rings. The Hall–Kier alpha value is -2.52. The summed E-state index contributed by atoms with van der Waals surface area (Å²) in [5.74, 6) is 1.19. The highest BCUT2D eigenvalue weighted by molar-refractivity contribution is 5.87. The third kappa shape index (κ3) is 4.36. The number of aromatic nitrogens is 1. The Bertz CT molecular complexity index is 793. The molecule has 140 valence electrons. The van der Waals surface area contributed by atoms with E-state index in [0.29, 0.717) is 24.1 Å². The van der Waals surface area contributed by atoms with E-state index in [0.717, 1.165) is 25.2 Å². The smallest absolute Gasteiger partial charge is 0.406 e. The second kappa shape index (κ2) is 8.72. The van der Waals surface area contributed by atoms with E-state index in [-0.39, 0.29) is 13.5 Å². The zero-order valence-electron chi connectivity index (χ0n) is 14.7. The summed E-state index contributed by atoms with van der Waals surface area (Å²) in [7, 11) is 1.38. The number of hydrogen-bond acceptors (Lipinski definition) is 3. The molecule has 1 aliphatic carbocycles. The van der Waals surface area contributed by atoms with Crippen LogP contribution in [0.2, 0.25) is 0 Å². The average Bonchev–Trinajstić information content (AvgIpc) is 3.27. The summed E-state index contributed by atoms with van der Waals surface area (Å²) >= 11 is 0. The van der Waals surface area contributed by atoms with Crippen LogP contribution in [0.5, 0.6) is 0 Å². The van der Waals surface area contributed by atoms with Crippen LogP contribution in [0.4, 0.5) is 10.5 Å². The van der Waals surface area contributed by atoms with E-state index in [1.54, 1.807) is 0 Å². The van der Waals surface area contributed by atoms with Crippen molar-refractivity contribution in [1.29, 1.82) is 0 Å². The van der Waals surface area contributed by atoms with Crippen molar-refractivity contribution in [1.82, 2.24) is 15.2 Å². The van der Waals surface area contributed by atoms with Gasteiger partial charge in [0.15, 0.2) is 5.69 Å². The van der Waals surface area contributed by atoms with Crippen LogP contribution in [-0.4, -0.2) is 49.3 Å². The predicted octanol–water partition coefficient (Wildman–Crippen LogP) is 4.14. The molecule has 2 atom stereocenters. The number of nitrogens with zero attached hydrogens (tertiary/aromatic N) is 2. The zero-order chi connectivity index (χ0) is 17.8. The monoisotopic (exact) mass is 356 g/mol. The number of ether oxygens (including phenoxy) is 1. The van der Waals surface area contributed by atoms with Crippen molar-refractivity contribution in [3.63, 3.8) is 0 Å². The number of benzene rings is 1. The highest BCUT2D eigenvalue weighted by atomic mass is 16.5. The second-order valence-corrected chi connectivity index (χ2v) is 6.50. The lowest BCUT2D eigenvalue weighted by Gasteiger charge is -2.20. The Labute approximate surface area is 155 Å². The first-order valence-corrected chi connectivity index (χ1v) is 8.69. The maximum Gasteiger partial charge on any atom is 0.406 e. The highest BCUT2D eigenvalue weighted by Crippen LogP contribution is 2.50. The molecule has 2 aromatic rings. The fraction of sp³-hybridized carbons (Fsp3) is 0.500. The third-order valence-corrected chi connectivity index (χ3v) is 4.97. The molecule has 0 spiro atoms. The van der Waals surface area contributed by atoms with Gasteiger partial charge in [-0.3, -0.25) is 0 Å². The SMILES string of the molecule is C.[C-]#[N+]c1ccc2[nH]cc(C3CC3CN(CC)CCNC(=O)OC)c2c1. The molecular formula is C20H28N4O2. The van der Waals surface area contributed by atoms with Crippen molar-refractivity contribution < 1.29 is 9.53 Å². The van der Waals surface area contributed by atoms with E-state index in [1.807, 2.05) is 18.2 Å². The number of rotatable bonds is 7. The van der Waals surface area contributed by atoms with Crippen molar-refractivity contribution in [2.75, 3.05) is 33.3 Å². The van der Waals surface area contributed by atoms with Crippen molar-refractivity contribution in [3.05, 3.63) is 41.4 Å². The molecular weight excluding hydrogens is 328 g/mol. The van der Waals surface area contributed by atoms with Gasteiger partial charge in [0.05, 0.1) is 13.7 Å². The number of H-pyrrole nitrogens is 1. The number of alkyl carbamates (subject to hydrolysis) is 1. The number of amides is 1. The van der Waals surface area contributed by atoms with E-state index < -0.39 is 0 Å². The number of carbonyl (C=O) groups excluding carboxylic acids is 1.